The molecule has 0 unspecified atom stereocenters. The molecule has 1 heterocycles. The Balaban J connectivity index is 0.00000132. The minimum absolute atomic E-state index is 0. The lowest BCUT2D eigenvalue weighted by Crippen LogP contribution is -2.16. The maximum Gasteiger partial charge on any atom is 0.0730 e. The lowest BCUT2D eigenvalue weighted by atomic mass is 10.1. The van der Waals surface area contributed by atoms with E-state index >= 15 is 0 Å². The van der Waals surface area contributed by atoms with Crippen LogP contribution < -0.4 is 5.32 Å². The summed E-state index contributed by atoms with van der Waals surface area (Å²) in [6.45, 7) is 2.06. The van der Waals surface area contributed by atoms with Gasteiger partial charge in [-0.1, -0.05) is 36.4 Å². The molecule has 0 saturated heterocycles. The van der Waals surface area contributed by atoms with Crippen LogP contribution in [-0.2, 0) is 0 Å². The summed E-state index contributed by atoms with van der Waals surface area (Å²) in [7, 11) is 4.22. The Morgan fingerprint density at radius 3 is 1.91 bits per heavy atom. The van der Waals surface area contributed by atoms with E-state index in [4.69, 9.17) is 4.98 Å². The molecule has 0 aliphatic rings. The van der Waals surface area contributed by atoms with Gasteiger partial charge in [-0.25, -0.2) is 4.98 Å². The van der Waals surface area contributed by atoms with E-state index in [1.165, 1.54) is 16.5 Å². The fourth-order valence-corrected chi connectivity index (χ4v) is 2.64. The number of nitrogens with one attached hydrogen (secondary N) is 1. The molecule has 3 nitrogen and oxygen atoms in total. The lowest BCUT2D eigenvalue weighted by molar-refractivity contribution is 0.405. The molecule has 0 aliphatic heterocycles. The molecule has 0 saturated carbocycles. The predicted molar refractivity (Wildman–Crippen MR) is 105 cm³/mol. The molecule has 0 radical (unpaired) electrons. The molecule has 0 amide bonds. The largest absolute Gasteiger partial charge is 0.384 e. The van der Waals surface area contributed by atoms with Gasteiger partial charge < -0.3 is 10.2 Å². The van der Waals surface area contributed by atoms with Crippen LogP contribution in [0.5, 0.6) is 0 Å². The number of halogens is 2. The summed E-state index contributed by atoms with van der Waals surface area (Å²) in [5, 5.41) is 6.01. The van der Waals surface area contributed by atoms with Crippen LogP contribution in [0.1, 0.15) is 6.42 Å². The van der Waals surface area contributed by atoms with Crippen molar-refractivity contribution in [1.82, 2.24) is 9.88 Å². The fraction of sp³-hybridized carbons (Fsp3) is 0.278. The van der Waals surface area contributed by atoms with Crippen LogP contribution in [0.15, 0.2) is 48.5 Å². The second kappa shape index (κ2) is 8.92. The molecule has 5 heteroatoms. The summed E-state index contributed by atoms with van der Waals surface area (Å²) in [6, 6.07) is 16.7. The van der Waals surface area contributed by atoms with Crippen LogP contribution in [0.2, 0.25) is 0 Å². The van der Waals surface area contributed by atoms with Crippen molar-refractivity contribution in [2.75, 3.05) is 32.5 Å². The first-order chi connectivity index (χ1) is 10.3. The van der Waals surface area contributed by atoms with Gasteiger partial charge in [0.1, 0.15) is 0 Å². The van der Waals surface area contributed by atoms with Gasteiger partial charge in [-0.15, -0.1) is 24.8 Å². The van der Waals surface area contributed by atoms with Crippen molar-refractivity contribution < 1.29 is 0 Å². The number of nitrogens with zero attached hydrogens (tertiary/aromatic N) is 2. The number of aromatic nitrogens is 1. The van der Waals surface area contributed by atoms with Gasteiger partial charge in [-0.05, 0) is 39.2 Å². The molecule has 3 rings (SSSR count). The Hall–Kier alpha value is -1.55. The van der Waals surface area contributed by atoms with E-state index in [-0.39, 0.29) is 24.8 Å². The van der Waals surface area contributed by atoms with E-state index < -0.39 is 0 Å². The summed E-state index contributed by atoms with van der Waals surface area (Å²) in [5.41, 5.74) is 3.30. The van der Waals surface area contributed by atoms with Crippen molar-refractivity contribution in [3.05, 3.63) is 48.5 Å². The normalized spacial score (nSPS) is 10.4. The molecule has 0 spiro atoms. The zero-order valence-corrected chi connectivity index (χ0v) is 15.1. The van der Waals surface area contributed by atoms with Crippen molar-refractivity contribution >= 4 is 52.3 Å². The van der Waals surface area contributed by atoms with E-state index in [9.17, 15) is 0 Å². The molecule has 2 aromatic carbocycles. The molecule has 1 aromatic heterocycles. The monoisotopic (exact) mass is 351 g/mol. The molecule has 0 bridgehead atoms. The SMILES string of the molecule is CN(C)CCCNc1c2ccccc2nc2ccccc12.Cl.Cl. The molecule has 3 aromatic rings. The number of fused-ring (bicyclic) bond motifs is 2. The summed E-state index contributed by atoms with van der Waals surface area (Å²) in [5.74, 6) is 0. The van der Waals surface area contributed by atoms with Crippen LogP contribution in [0.4, 0.5) is 5.69 Å². The summed E-state index contributed by atoms with van der Waals surface area (Å²) in [4.78, 5) is 6.96. The van der Waals surface area contributed by atoms with E-state index in [1.807, 2.05) is 12.1 Å². The smallest absolute Gasteiger partial charge is 0.0730 e. The van der Waals surface area contributed by atoms with Gasteiger partial charge in [0.05, 0.1) is 16.7 Å². The Bertz CT molecular complexity index is 705. The number of benzene rings is 2. The maximum absolute atomic E-state index is 4.75. The Labute approximate surface area is 149 Å². The maximum atomic E-state index is 4.75. The highest BCUT2D eigenvalue weighted by Gasteiger charge is 2.07. The summed E-state index contributed by atoms with van der Waals surface area (Å²) in [6.07, 6.45) is 1.12. The van der Waals surface area contributed by atoms with Crippen LogP contribution >= 0.6 is 24.8 Å². The predicted octanol–water partition coefficient (Wildman–Crippen LogP) is 4.60. The molecule has 0 aliphatic carbocycles. The molecule has 23 heavy (non-hydrogen) atoms. The number of anilines is 1. The van der Waals surface area contributed by atoms with Crippen molar-refractivity contribution in [1.29, 1.82) is 0 Å². The van der Waals surface area contributed by atoms with Gasteiger partial charge in [-0.3, -0.25) is 0 Å². The van der Waals surface area contributed by atoms with Crippen molar-refractivity contribution in [2.45, 2.75) is 6.42 Å². The molecular formula is C18H23Cl2N3. The topological polar surface area (TPSA) is 28.2 Å². The highest BCUT2D eigenvalue weighted by molar-refractivity contribution is 6.07. The molecule has 124 valence electrons. The first kappa shape index (κ1) is 19.5. The Kier molecular flexibility index (Phi) is 7.56. The molecule has 0 atom stereocenters. The van der Waals surface area contributed by atoms with Crippen LogP contribution in [0.25, 0.3) is 21.8 Å². The highest BCUT2D eigenvalue weighted by Crippen LogP contribution is 2.30. The quantitative estimate of drug-likeness (QED) is 0.538. The van der Waals surface area contributed by atoms with Gasteiger partial charge in [0.25, 0.3) is 0 Å². The second-order valence-electron chi connectivity index (χ2n) is 5.60. The minimum atomic E-state index is 0. The molecular weight excluding hydrogens is 329 g/mol. The standard InChI is InChI=1S/C18H21N3.2ClH/c1-21(2)13-7-12-19-18-14-8-3-5-10-16(14)20-17-11-6-4-9-15(17)18;;/h3-6,8-11H,7,12-13H2,1-2H3,(H,19,20);2*1H. The Morgan fingerprint density at radius 2 is 1.39 bits per heavy atom. The number of para-hydroxylation sites is 2. The van der Waals surface area contributed by atoms with Crippen LogP contribution in [0, 0.1) is 0 Å². The summed E-state index contributed by atoms with van der Waals surface area (Å²) < 4.78 is 0. The highest BCUT2D eigenvalue weighted by atomic mass is 35.5. The van der Waals surface area contributed by atoms with E-state index in [1.54, 1.807) is 0 Å². The van der Waals surface area contributed by atoms with Gasteiger partial charge in [0.2, 0.25) is 0 Å². The van der Waals surface area contributed by atoms with Crippen LogP contribution in [-0.4, -0.2) is 37.1 Å². The number of hydrogen-bond donors (Lipinski definition) is 1. The average Bonchev–Trinajstić information content (AvgIpc) is 2.50. The third-order valence-corrected chi connectivity index (χ3v) is 3.67. The van der Waals surface area contributed by atoms with Crippen molar-refractivity contribution in [2.24, 2.45) is 0 Å². The average molecular weight is 352 g/mol. The third-order valence-electron chi connectivity index (χ3n) is 3.67. The van der Waals surface area contributed by atoms with Gasteiger partial charge in [0.15, 0.2) is 0 Å². The van der Waals surface area contributed by atoms with E-state index in [0.29, 0.717) is 0 Å². The Morgan fingerprint density at radius 1 is 0.870 bits per heavy atom. The van der Waals surface area contributed by atoms with Crippen molar-refractivity contribution in [3.63, 3.8) is 0 Å². The number of rotatable bonds is 5. The van der Waals surface area contributed by atoms with E-state index in [0.717, 1.165) is 30.5 Å². The number of pyridine rings is 1. The van der Waals surface area contributed by atoms with E-state index in [2.05, 4.69) is 60.7 Å². The first-order valence-electron chi connectivity index (χ1n) is 7.42. The van der Waals surface area contributed by atoms with Gasteiger partial charge >= 0.3 is 0 Å². The van der Waals surface area contributed by atoms with Crippen molar-refractivity contribution in [3.8, 4) is 0 Å². The lowest BCUT2D eigenvalue weighted by Gasteiger charge is -2.14. The van der Waals surface area contributed by atoms with Gasteiger partial charge in [0, 0.05) is 17.3 Å². The first-order valence-corrected chi connectivity index (χ1v) is 7.42. The minimum Gasteiger partial charge on any atom is -0.384 e. The second-order valence-corrected chi connectivity index (χ2v) is 5.60. The zero-order chi connectivity index (χ0) is 14.7. The zero-order valence-electron chi connectivity index (χ0n) is 13.5. The van der Waals surface area contributed by atoms with Gasteiger partial charge in [-0.2, -0.15) is 0 Å². The molecule has 0 fully saturated rings. The fourth-order valence-electron chi connectivity index (χ4n) is 2.64. The van der Waals surface area contributed by atoms with Crippen LogP contribution in [0.3, 0.4) is 0 Å². The third kappa shape index (κ3) is 4.47. The number of hydrogen-bond acceptors (Lipinski definition) is 3. The summed E-state index contributed by atoms with van der Waals surface area (Å²) >= 11 is 0. The molecule has 1 N–H and O–H groups in total.